The van der Waals surface area contributed by atoms with Crippen molar-refractivity contribution in [3.8, 4) is 0 Å². The molecule has 0 amide bonds. The molecule has 2 aromatic rings. The van der Waals surface area contributed by atoms with Crippen LogP contribution in [-0.2, 0) is 28.2 Å². The first-order valence-corrected chi connectivity index (χ1v) is 14.8. The molecule has 5 fully saturated rings. The molecule has 192 valence electrons. The lowest BCUT2D eigenvalue weighted by Crippen LogP contribution is -2.62. The number of hydrogen-bond donors (Lipinski definition) is 0. The van der Waals surface area contributed by atoms with Crippen LogP contribution in [0.3, 0.4) is 0 Å². The van der Waals surface area contributed by atoms with E-state index in [1.807, 2.05) is 12.1 Å². The molecule has 3 saturated carbocycles. The highest BCUT2D eigenvalue weighted by atomic mass is 31.1. The highest BCUT2D eigenvalue weighted by molar-refractivity contribution is 7.68. The van der Waals surface area contributed by atoms with Gasteiger partial charge in [-0.2, -0.15) is 0 Å². The van der Waals surface area contributed by atoms with Crippen molar-refractivity contribution < 1.29 is 28.2 Å². The van der Waals surface area contributed by atoms with E-state index in [0.29, 0.717) is 0 Å². The molecular formula is C29H35O6P. The van der Waals surface area contributed by atoms with E-state index in [-0.39, 0.29) is 36.6 Å². The van der Waals surface area contributed by atoms with Crippen molar-refractivity contribution in [3.63, 3.8) is 0 Å². The van der Waals surface area contributed by atoms with E-state index < -0.39 is 19.7 Å². The normalized spacial score (nSPS) is 36.1. The summed E-state index contributed by atoms with van der Waals surface area (Å²) in [7, 11) is 0.658. The molecule has 7 rings (SSSR count). The van der Waals surface area contributed by atoms with Gasteiger partial charge < -0.3 is 28.2 Å². The highest BCUT2D eigenvalue weighted by Crippen LogP contribution is 2.54. The van der Waals surface area contributed by atoms with Gasteiger partial charge in [-0.15, -0.1) is 0 Å². The maximum atomic E-state index is 7.14. The van der Waals surface area contributed by atoms with Crippen LogP contribution in [0.2, 0.25) is 0 Å². The van der Waals surface area contributed by atoms with Gasteiger partial charge in [-0.05, 0) is 25.7 Å². The molecule has 2 aliphatic heterocycles. The predicted octanol–water partition coefficient (Wildman–Crippen LogP) is 4.56. The van der Waals surface area contributed by atoms with E-state index in [1.54, 1.807) is 7.11 Å². The molecule has 0 bridgehead atoms. The number of rotatable bonds is 5. The molecule has 0 aromatic heterocycles. The number of fused-ring (bicyclic) bond motifs is 3. The fourth-order valence-electron chi connectivity index (χ4n) is 6.91. The number of methoxy groups -OCH3 is 1. The third-order valence-electron chi connectivity index (χ3n) is 8.56. The Kier molecular flexibility index (Phi) is 6.21. The van der Waals surface area contributed by atoms with Crippen molar-refractivity contribution >= 4 is 18.8 Å². The van der Waals surface area contributed by atoms with Gasteiger partial charge in [-0.25, -0.2) is 0 Å². The van der Waals surface area contributed by atoms with Crippen molar-refractivity contribution in [2.45, 2.75) is 99.6 Å². The molecular weight excluding hydrogens is 475 g/mol. The molecule has 36 heavy (non-hydrogen) atoms. The molecule has 0 N–H and O–H groups in total. The zero-order valence-corrected chi connectivity index (χ0v) is 21.7. The van der Waals surface area contributed by atoms with Crippen LogP contribution in [0.15, 0.2) is 60.7 Å². The minimum Gasteiger partial charge on any atom is -0.376 e. The SMILES string of the molecule is CO[C@H]1[C@H](OP(c2ccccc2)c2ccccc2)[C@H]2OC3(CCCC3)O[C@H]2[C@@H]2OC3(CCCC3)O[C@H]12. The zero-order valence-electron chi connectivity index (χ0n) is 20.8. The lowest BCUT2D eigenvalue weighted by molar-refractivity contribution is -0.203. The Labute approximate surface area is 214 Å². The Bertz CT molecular complexity index is 999. The highest BCUT2D eigenvalue weighted by Gasteiger charge is 2.67. The maximum Gasteiger partial charge on any atom is 0.169 e. The van der Waals surface area contributed by atoms with Gasteiger partial charge >= 0.3 is 0 Å². The Morgan fingerprint density at radius 2 is 1.03 bits per heavy atom. The molecule has 2 spiro atoms. The molecule has 0 radical (unpaired) electrons. The summed E-state index contributed by atoms with van der Waals surface area (Å²) in [6, 6.07) is 21.0. The van der Waals surface area contributed by atoms with E-state index >= 15 is 0 Å². The summed E-state index contributed by atoms with van der Waals surface area (Å²) in [6.07, 6.45) is 6.56. The van der Waals surface area contributed by atoms with Gasteiger partial charge in [0.2, 0.25) is 0 Å². The Morgan fingerprint density at radius 1 is 0.611 bits per heavy atom. The second-order valence-corrected chi connectivity index (χ2v) is 12.6. The smallest absolute Gasteiger partial charge is 0.169 e. The Hall–Kier alpha value is -1.37. The lowest BCUT2D eigenvalue weighted by atomic mass is 9.85. The van der Waals surface area contributed by atoms with Gasteiger partial charge in [0, 0.05) is 43.4 Å². The summed E-state index contributed by atoms with van der Waals surface area (Å²) in [5, 5.41) is 2.33. The van der Waals surface area contributed by atoms with E-state index in [1.165, 1.54) is 0 Å². The monoisotopic (exact) mass is 510 g/mol. The topological polar surface area (TPSA) is 55.4 Å². The molecule has 2 aromatic carbocycles. The molecule has 6 nitrogen and oxygen atoms in total. The molecule has 2 heterocycles. The standard InChI is InChI=1S/C29H35O6P/c1-30-22-23-24(32-28(31-23)16-8-9-17-28)25-26(34-29(33-25)18-10-11-19-29)27(22)35-36(20-12-4-2-5-13-20)21-14-6-3-7-15-21/h2-7,12-15,22-27H,8-11,16-19H2,1H3/t22-,23-,24-,25+,26+,27+/m1/s1. The predicted molar refractivity (Wildman–Crippen MR) is 137 cm³/mol. The van der Waals surface area contributed by atoms with Crippen molar-refractivity contribution in [1.29, 1.82) is 0 Å². The Balaban J connectivity index is 1.27. The Morgan fingerprint density at radius 3 is 1.47 bits per heavy atom. The molecule has 7 heteroatoms. The summed E-state index contributed by atoms with van der Waals surface area (Å²) >= 11 is 0. The van der Waals surface area contributed by atoms with Crippen LogP contribution in [0.25, 0.3) is 0 Å². The third-order valence-corrected chi connectivity index (χ3v) is 10.5. The van der Waals surface area contributed by atoms with Crippen molar-refractivity contribution in [1.82, 2.24) is 0 Å². The molecule has 3 aliphatic carbocycles. The average Bonchev–Trinajstić information content (AvgIpc) is 3.72. The van der Waals surface area contributed by atoms with Crippen molar-refractivity contribution in [2.75, 3.05) is 7.11 Å². The molecule has 6 atom stereocenters. The number of hydrogen-bond acceptors (Lipinski definition) is 6. The van der Waals surface area contributed by atoms with E-state index in [0.717, 1.165) is 62.0 Å². The van der Waals surface area contributed by atoms with Gasteiger partial charge in [-0.1, -0.05) is 60.7 Å². The first-order valence-electron chi connectivity index (χ1n) is 13.5. The summed E-state index contributed by atoms with van der Waals surface area (Å²) in [5.74, 6) is -1.06. The summed E-state index contributed by atoms with van der Waals surface area (Å²) in [4.78, 5) is 0. The van der Waals surface area contributed by atoms with Gasteiger partial charge in [0.25, 0.3) is 0 Å². The van der Waals surface area contributed by atoms with Crippen LogP contribution in [0.1, 0.15) is 51.4 Å². The van der Waals surface area contributed by atoms with Gasteiger partial charge in [0.05, 0.1) is 8.15 Å². The summed E-state index contributed by atoms with van der Waals surface area (Å²) < 4.78 is 40.4. The van der Waals surface area contributed by atoms with Crippen LogP contribution >= 0.6 is 8.15 Å². The first-order chi connectivity index (χ1) is 17.7. The van der Waals surface area contributed by atoms with Gasteiger partial charge in [0.15, 0.2) is 11.6 Å². The second kappa shape index (κ2) is 9.43. The minimum absolute atomic E-state index is 0.211. The van der Waals surface area contributed by atoms with Crippen LogP contribution < -0.4 is 10.6 Å². The van der Waals surface area contributed by atoms with Gasteiger partial charge in [0.1, 0.15) is 36.6 Å². The molecule has 0 unspecified atom stereocenters. The lowest BCUT2D eigenvalue weighted by Gasteiger charge is -2.43. The van der Waals surface area contributed by atoms with E-state index in [4.69, 9.17) is 28.2 Å². The number of ether oxygens (including phenoxy) is 5. The third kappa shape index (κ3) is 3.97. The number of benzene rings is 2. The molecule has 2 saturated heterocycles. The maximum absolute atomic E-state index is 7.14. The minimum atomic E-state index is -1.10. The fourth-order valence-corrected chi connectivity index (χ4v) is 8.82. The average molecular weight is 511 g/mol. The van der Waals surface area contributed by atoms with Crippen LogP contribution in [0.4, 0.5) is 0 Å². The largest absolute Gasteiger partial charge is 0.376 e. The van der Waals surface area contributed by atoms with Crippen LogP contribution in [0.5, 0.6) is 0 Å². The fraction of sp³-hybridized carbons (Fsp3) is 0.586. The van der Waals surface area contributed by atoms with Crippen molar-refractivity contribution in [2.24, 2.45) is 0 Å². The van der Waals surface area contributed by atoms with E-state index in [2.05, 4.69) is 48.5 Å². The van der Waals surface area contributed by atoms with Gasteiger partial charge in [-0.3, -0.25) is 0 Å². The van der Waals surface area contributed by atoms with Crippen molar-refractivity contribution in [3.05, 3.63) is 60.7 Å². The van der Waals surface area contributed by atoms with Crippen LogP contribution in [0, 0.1) is 0 Å². The summed E-state index contributed by atoms with van der Waals surface area (Å²) in [5.41, 5.74) is 0. The quantitative estimate of drug-likeness (QED) is 0.550. The second-order valence-electron chi connectivity index (χ2n) is 10.8. The zero-order chi connectivity index (χ0) is 24.2. The van der Waals surface area contributed by atoms with Crippen LogP contribution in [-0.4, -0.2) is 55.3 Å². The first kappa shape index (κ1) is 23.7. The molecule has 5 aliphatic rings. The van der Waals surface area contributed by atoms with E-state index in [9.17, 15) is 0 Å². The summed E-state index contributed by atoms with van der Waals surface area (Å²) in [6.45, 7) is 0.